The number of aliphatic hydroxyl groups excluding tert-OH is 2. The Bertz CT molecular complexity index is 145. The molecule has 0 bridgehead atoms. The summed E-state index contributed by atoms with van der Waals surface area (Å²) in [6, 6.07) is 0. The Labute approximate surface area is 68.7 Å². The molecule has 2 nitrogen and oxygen atoms in total. The first-order valence-corrected chi connectivity index (χ1v) is 4.29. The van der Waals surface area contributed by atoms with Gasteiger partial charge in [0.1, 0.15) is 0 Å². The number of hydrogen-bond donors (Lipinski definition) is 2. The number of alkyl halides is 1. The van der Waals surface area contributed by atoms with E-state index in [-0.39, 0.29) is 11.4 Å². The fourth-order valence-electron chi connectivity index (χ4n) is 1.10. The van der Waals surface area contributed by atoms with Crippen LogP contribution in [0.3, 0.4) is 0 Å². The van der Waals surface area contributed by atoms with Gasteiger partial charge < -0.3 is 10.2 Å². The third kappa shape index (κ3) is 1.59. The second kappa shape index (κ2) is 3.51. The second-order valence-corrected chi connectivity index (χ2v) is 3.65. The molecule has 0 amide bonds. The lowest BCUT2D eigenvalue weighted by molar-refractivity contribution is 0.177. The lowest BCUT2D eigenvalue weighted by Gasteiger charge is -2.23. The Balaban J connectivity index is 2.62. The van der Waals surface area contributed by atoms with Crippen LogP contribution in [0.15, 0.2) is 11.6 Å². The summed E-state index contributed by atoms with van der Waals surface area (Å²) in [5.74, 6) is 0. The van der Waals surface area contributed by atoms with E-state index in [4.69, 9.17) is 5.11 Å². The molecule has 0 aromatic heterocycles. The van der Waals surface area contributed by atoms with Crippen LogP contribution in [0.1, 0.15) is 12.8 Å². The zero-order valence-corrected chi connectivity index (χ0v) is 7.21. The molecule has 0 aliphatic heterocycles. The van der Waals surface area contributed by atoms with Crippen molar-refractivity contribution in [1.82, 2.24) is 0 Å². The van der Waals surface area contributed by atoms with Gasteiger partial charge in [-0.1, -0.05) is 22.0 Å². The summed E-state index contributed by atoms with van der Waals surface area (Å²) < 4.78 is 0. The fraction of sp³-hybridized carbons (Fsp3) is 0.714. The second-order valence-electron chi connectivity index (χ2n) is 2.48. The highest BCUT2D eigenvalue weighted by Gasteiger charge is 2.22. The van der Waals surface area contributed by atoms with Crippen molar-refractivity contribution in [2.45, 2.75) is 23.8 Å². The molecule has 10 heavy (non-hydrogen) atoms. The molecule has 0 saturated carbocycles. The Morgan fingerprint density at radius 1 is 1.70 bits per heavy atom. The minimum absolute atomic E-state index is 0.0245. The van der Waals surface area contributed by atoms with Gasteiger partial charge in [0.25, 0.3) is 0 Å². The van der Waals surface area contributed by atoms with E-state index < -0.39 is 6.10 Å². The number of halogens is 1. The van der Waals surface area contributed by atoms with Crippen LogP contribution in [0.2, 0.25) is 0 Å². The van der Waals surface area contributed by atoms with E-state index in [1.165, 1.54) is 0 Å². The van der Waals surface area contributed by atoms with Crippen LogP contribution in [0.25, 0.3) is 0 Å². The Morgan fingerprint density at radius 3 is 2.90 bits per heavy atom. The number of allylic oxidation sites excluding steroid dienone is 1. The number of aliphatic hydroxyl groups is 2. The summed E-state index contributed by atoms with van der Waals surface area (Å²) in [5.41, 5.74) is 0.744. The van der Waals surface area contributed by atoms with Crippen molar-refractivity contribution in [2.24, 2.45) is 0 Å². The molecule has 58 valence electrons. The standard InChI is InChI=1S/C7H11BrO2/c8-6-3-1-2-5(4-9)7(6)10/h2,6-7,9-10H,1,3-4H2. The average molecular weight is 207 g/mol. The monoisotopic (exact) mass is 206 g/mol. The third-order valence-electron chi connectivity index (χ3n) is 1.75. The minimum Gasteiger partial charge on any atom is -0.392 e. The number of hydrogen-bond acceptors (Lipinski definition) is 2. The van der Waals surface area contributed by atoms with Gasteiger partial charge in [0.05, 0.1) is 12.7 Å². The predicted octanol–water partition coefficient (Wildman–Crippen LogP) is 0.823. The molecule has 0 spiro atoms. The fourth-order valence-corrected chi connectivity index (χ4v) is 1.70. The first-order valence-electron chi connectivity index (χ1n) is 3.37. The molecule has 2 N–H and O–H groups in total. The van der Waals surface area contributed by atoms with Gasteiger partial charge >= 0.3 is 0 Å². The first kappa shape index (κ1) is 8.24. The quantitative estimate of drug-likeness (QED) is 0.493. The van der Waals surface area contributed by atoms with Gasteiger partial charge in [0, 0.05) is 4.83 Å². The van der Waals surface area contributed by atoms with Crippen molar-refractivity contribution >= 4 is 15.9 Å². The van der Waals surface area contributed by atoms with E-state index in [9.17, 15) is 5.11 Å². The SMILES string of the molecule is OCC1=CCCC(Br)C1O. The molecule has 3 heteroatoms. The van der Waals surface area contributed by atoms with Crippen LogP contribution in [0, 0.1) is 0 Å². The van der Waals surface area contributed by atoms with Crippen molar-refractivity contribution < 1.29 is 10.2 Å². The van der Waals surface area contributed by atoms with Crippen molar-refractivity contribution in [3.05, 3.63) is 11.6 Å². The molecule has 0 aromatic carbocycles. The van der Waals surface area contributed by atoms with Gasteiger partial charge in [-0.3, -0.25) is 0 Å². The Hall–Kier alpha value is 0.140. The van der Waals surface area contributed by atoms with E-state index in [0.717, 1.165) is 18.4 Å². The van der Waals surface area contributed by atoms with Crippen molar-refractivity contribution in [1.29, 1.82) is 0 Å². The summed E-state index contributed by atoms with van der Waals surface area (Å²) in [4.78, 5) is 0.125. The maximum Gasteiger partial charge on any atom is 0.0897 e. The molecular weight excluding hydrogens is 196 g/mol. The maximum atomic E-state index is 9.36. The van der Waals surface area contributed by atoms with Crippen LogP contribution < -0.4 is 0 Å². The molecule has 1 aliphatic rings. The molecule has 0 fully saturated rings. The maximum absolute atomic E-state index is 9.36. The highest BCUT2D eigenvalue weighted by molar-refractivity contribution is 9.09. The van der Waals surface area contributed by atoms with Gasteiger partial charge in [-0.2, -0.15) is 0 Å². The van der Waals surface area contributed by atoms with E-state index in [1.807, 2.05) is 6.08 Å². The summed E-state index contributed by atoms with van der Waals surface area (Å²) in [5, 5.41) is 18.1. The normalized spacial score (nSPS) is 33.7. The highest BCUT2D eigenvalue weighted by Crippen LogP contribution is 2.24. The molecule has 1 aliphatic carbocycles. The molecule has 1 rings (SSSR count). The van der Waals surface area contributed by atoms with Crippen LogP contribution in [-0.4, -0.2) is 27.8 Å². The molecule has 0 saturated heterocycles. The van der Waals surface area contributed by atoms with Gasteiger partial charge in [-0.15, -0.1) is 0 Å². The summed E-state index contributed by atoms with van der Waals surface area (Å²) in [6.45, 7) is -0.0245. The van der Waals surface area contributed by atoms with Gasteiger partial charge in [0.15, 0.2) is 0 Å². The smallest absolute Gasteiger partial charge is 0.0897 e. The lowest BCUT2D eigenvalue weighted by atomic mass is 9.97. The molecule has 0 radical (unpaired) electrons. The van der Waals surface area contributed by atoms with Gasteiger partial charge in [-0.25, -0.2) is 0 Å². The summed E-state index contributed by atoms with van der Waals surface area (Å²) >= 11 is 3.33. The van der Waals surface area contributed by atoms with Crippen LogP contribution in [0.4, 0.5) is 0 Å². The van der Waals surface area contributed by atoms with Crippen LogP contribution in [-0.2, 0) is 0 Å². The molecular formula is C7H11BrO2. The molecule has 2 atom stereocenters. The van der Waals surface area contributed by atoms with E-state index >= 15 is 0 Å². The molecule has 0 aromatic rings. The summed E-state index contributed by atoms with van der Waals surface area (Å²) in [6.07, 6.45) is 3.31. The van der Waals surface area contributed by atoms with Gasteiger partial charge in [-0.05, 0) is 18.4 Å². The largest absolute Gasteiger partial charge is 0.392 e. The van der Waals surface area contributed by atoms with Crippen LogP contribution in [0.5, 0.6) is 0 Å². The number of rotatable bonds is 1. The minimum atomic E-state index is -0.487. The summed E-state index contributed by atoms with van der Waals surface area (Å²) in [7, 11) is 0. The van der Waals surface area contributed by atoms with Crippen molar-refractivity contribution in [3.63, 3.8) is 0 Å². The Kier molecular flexibility index (Phi) is 2.89. The highest BCUT2D eigenvalue weighted by atomic mass is 79.9. The third-order valence-corrected chi connectivity index (χ3v) is 2.71. The molecule has 0 heterocycles. The van der Waals surface area contributed by atoms with E-state index in [1.54, 1.807) is 0 Å². The van der Waals surface area contributed by atoms with E-state index in [0.29, 0.717) is 0 Å². The lowest BCUT2D eigenvalue weighted by Crippen LogP contribution is -2.27. The predicted molar refractivity (Wildman–Crippen MR) is 43.1 cm³/mol. The Morgan fingerprint density at radius 2 is 2.40 bits per heavy atom. The first-order chi connectivity index (χ1) is 4.75. The van der Waals surface area contributed by atoms with Crippen LogP contribution >= 0.6 is 15.9 Å². The van der Waals surface area contributed by atoms with E-state index in [2.05, 4.69) is 15.9 Å². The topological polar surface area (TPSA) is 40.5 Å². The average Bonchev–Trinajstić information content (AvgIpc) is 1.95. The molecule has 2 unspecified atom stereocenters. The zero-order valence-electron chi connectivity index (χ0n) is 5.63. The van der Waals surface area contributed by atoms with Crippen molar-refractivity contribution in [2.75, 3.05) is 6.61 Å². The van der Waals surface area contributed by atoms with Crippen molar-refractivity contribution in [3.8, 4) is 0 Å². The zero-order chi connectivity index (χ0) is 7.56. The van der Waals surface area contributed by atoms with Gasteiger partial charge in [0.2, 0.25) is 0 Å².